The van der Waals surface area contributed by atoms with Crippen molar-refractivity contribution >= 4 is 18.3 Å². The SMILES string of the molecule is Cc1cc(C(=O)N2CCC3CCC(C2)N3)c(C)n1C(C)C.Cl. The highest BCUT2D eigenvalue weighted by molar-refractivity contribution is 5.95. The lowest BCUT2D eigenvalue weighted by Crippen LogP contribution is -2.39. The summed E-state index contributed by atoms with van der Waals surface area (Å²) in [6.07, 6.45) is 3.57. The number of fused-ring (bicyclic) bond motifs is 2. The van der Waals surface area contributed by atoms with Crippen LogP contribution < -0.4 is 5.32 Å². The quantitative estimate of drug-likeness (QED) is 0.907. The zero-order chi connectivity index (χ0) is 15.1. The molecule has 2 aliphatic heterocycles. The van der Waals surface area contributed by atoms with Crippen molar-refractivity contribution in [2.75, 3.05) is 13.1 Å². The van der Waals surface area contributed by atoms with Gasteiger partial charge >= 0.3 is 0 Å². The van der Waals surface area contributed by atoms with Crippen LogP contribution in [0.25, 0.3) is 0 Å². The van der Waals surface area contributed by atoms with Gasteiger partial charge in [0.25, 0.3) is 5.91 Å². The van der Waals surface area contributed by atoms with Gasteiger partial charge in [-0.2, -0.15) is 0 Å². The smallest absolute Gasteiger partial charge is 0.255 e. The van der Waals surface area contributed by atoms with Crippen LogP contribution in [0.5, 0.6) is 0 Å². The molecule has 0 aliphatic carbocycles. The lowest BCUT2D eigenvalue weighted by molar-refractivity contribution is 0.0747. The lowest BCUT2D eigenvalue weighted by Gasteiger charge is -2.24. The monoisotopic (exact) mass is 325 g/mol. The zero-order valence-corrected chi connectivity index (χ0v) is 14.9. The van der Waals surface area contributed by atoms with Crippen LogP contribution in [0.3, 0.4) is 0 Å². The van der Waals surface area contributed by atoms with E-state index in [1.807, 2.05) is 0 Å². The number of carbonyl (C=O) groups excluding carboxylic acids is 1. The molecule has 2 atom stereocenters. The Morgan fingerprint density at radius 2 is 1.91 bits per heavy atom. The summed E-state index contributed by atoms with van der Waals surface area (Å²) in [6.45, 7) is 10.3. The van der Waals surface area contributed by atoms with Crippen molar-refractivity contribution in [3.63, 3.8) is 0 Å². The minimum Gasteiger partial charge on any atom is -0.346 e. The van der Waals surface area contributed by atoms with Gasteiger partial charge in [0.05, 0.1) is 5.56 Å². The van der Waals surface area contributed by atoms with Crippen LogP contribution in [-0.4, -0.2) is 40.5 Å². The maximum Gasteiger partial charge on any atom is 0.255 e. The first-order chi connectivity index (χ1) is 9.97. The number of hydrogen-bond donors (Lipinski definition) is 1. The fourth-order valence-electron chi connectivity index (χ4n) is 4.09. The number of aromatic nitrogens is 1. The molecule has 3 rings (SSSR count). The van der Waals surface area contributed by atoms with Gasteiger partial charge in [-0.25, -0.2) is 0 Å². The number of likely N-dealkylation sites (tertiary alicyclic amines) is 1. The number of aryl methyl sites for hydroxylation is 1. The molecule has 124 valence electrons. The van der Waals surface area contributed by atoms with E-state index >= 15 is 0 Å². The molecule has 0 saturated carbocycles. The molecule has 2 aliphatic rings. The summed E-state index contributed by atoms with van der Waals surface area (Å²) < 4.78 is 2.26. The Labute approximate surface area is 139 Å². The standard InChI is InChI=1S/C17H27N3O.ClH/c1-11(2)20-12(3)9-16(13(20)4)17(21)19-8-7-14-5-6-15(10-19)18-14;/h9,11,14-15,18H,5-8,10H2,1-4H3;1H. The van der Waals surface area contributed by atoms with E-state index in [4.69, 9.17) is 0 Å². The van der Waals surface area contributed by atoms with Crippen molar-refractivity contribution in [1.82, 2.24) is 14.8 Å². The number of rotatable bonds is 2. The number of hydrogen-bond acceptors (Lipinski definition) is 2. The lowest BCUT2D eigenvalue weighted by atomic mass is 10.1. The van der Waals surface area contributed by atoms with E-state index in [-0.39, 0.29) is 18.3 Å². The first-order valence-electron chi connectivity index (χ1n) is 8.21. The fourth-order valence-corrected chi connectivity index (χ4v) is 4.09. The van der Waals surface area contributed by atoms with E-state index in [2.05, 4.69) is 48.5 Å². The average molecular weight is 326 g/mol. The summed E-state index contributed by atoms with van der Waals surface area (Å²) in [5.74, 6) is 0.212. The van der Waals surface area contributed by atoms with Gasteiger partial charge in [-0.15, -0.1) is 12.4 Å². The Hall–Kier alpha value is -1.000. The Morgan fingerprint density at radius 3 is 2.55 bits per heavy atom. The van der Waals surface area contributed by atoms with Gasteiger partial charge in [0.15, 0.2) is 0 Å². The van der Waals surface area contributed by atoms with Gasteiger partial charge in [0, 0.05) is 42.6 Å². The summed E-state index contributed by atoms with van der Waals surface area (Å²) >= 11 is 0. The van der Waals surface area contributed by atoms with Crippen molar-refractivity contribution < 1.29 is 4.79 Å². The summed E-state index contributed by atoms with van der Waals surface area (Å²) in [7, 11) is 0. The molecule has 0 spiro atoms. The minimum atomic E-state index is 0. The van der Waals surface area contributed by atoms with Crippen LogP contribution in [0.1, 0.15) is 60.9 Å². The van der Waals surface area contributed by atoms with Gasteiger partial charge in [-0.1, -0.05) is 0 Å². The molecule has 2 fully saturated rings. The third-order valence-corrected chi connectivity index (χ3v) is 5.04. The van der Waals surface area contributed by atoms with Crippen LogP contribution in [0.2, 0.25) is 0 Å². The summed E-state index contributed by atoms with van der Waals surface area (Å²) in [5.41, 5.74) is 3.18. The number of nitrogens with zero attached hydrogens (tertiary/aromatic N) is 2. The fraction of sp³-hybridized carbons (Fsp3) is 0.706. The molecular formula is C17H28ClN3O. The third kappa shape index (κ3) is 3.04. The van der Waals surface area contributed by atoms with Crippen LogP contribution in [-0.2, 0) is 0 Å². The van der Waals surface area contributed by atoms with Crippen LogP contribution >= 0.6 is 12.4 Å². The van der Waals surface area contributed by atoms with Gasteiger partial charge in [0.1, 0.15) is 0 Å². The molecule has 2 saturated heterocycles. The number of amides is 1. The van der Waals surface area contributed by atoms with Crippen molar-refractivity contribution in [2.45, 2.75) is 65.1 Å². The molecule has 3 heterocycles. The normalized spacial score (nSPS) is 24.3. The summed E-state index contributed by atoms with van der Waals surface area (Å²) in [5, 5.41) is 3.64. The first kappa shape index (κ1) is 17.4. The highest BCUT2D eigenvalue weighted by Gasteiger charge is 2.32. The largest absolute Gasteiger partial charge is 0.346 e. The number of carbonyl (C=O) groups is 1. The predicted octanol–water partition coefficient (Wildman–Crippen LogP) is 3.07. The van der Waals surface area contributed by atoms with Crippen molar-refractivity contribution in [1.29, 1.82) is 0 Å². The molecular weight excluding hydrogens is 298 g/mol. The van der Waals surface area contributed by atoms with Crippen molar-refractivity contribution in [3.8, 4) is 0 Å². The Balaban J connectivity index is 0.00000176. The molecule has 4 nitrogen and oxygen atoms in total. The second kappa shape index (κ2) is 6.63. The molecule has 2 bridgehead atoms. The molecule has 1 amide bonds. The van der Waals surface area contributed by atoms with E-state index in [1.165, 1.54) is 18.5 Å². The van der Waals surface area contributed by atoms with E-state index < -0.39 is 0 Å². The van der Waals surface area contributed by atoms with Crippen molar-refractivity contribution in [3.05, 3.63) is 23.0 Å². The van der Waals surface area contributed by atoms with Gasteiger partial charge in [-0.3, -0.25) is 4.79 Å². The predicted molar refractivity (Wildman–Crippen MR) is 92.0 cm³/mol. The molecule has 1 N–H and O–H groups in total. The van der Waals surface area contributed by atoms with Crippen LogP contribution in [0, 0.1) is 13.8 Å². The van der Waals surface area contributed by atoms with Gasteiger partial charge in [0.2, 0.25) is 0 Å². The molecule has 1 aromatic heterocycles. The number of nitrogens with one attached hydrogen (secondary N) is 1. The first-order valence-corrected chi connectivity index (χ1v) is 8.21. The highest BCUT2D eigenvalue weighted by Crippen LogP contribution is 2.25. The van der Waals surface area contributed by atoms with E-state index in [0.29, 0.717) is 18.1 Å². The average Bonchev–Trinajstić information content (AvgIpc) is 2.88. The maximum absolute atomic E-state index is 12.9. The maximum atomic E-state index is 12.9. The Morgan fingerprint density at radius 1 is 1.23 bits per heavy atom. The molecule has 0 radical (unpaired) electrons. The van der Waals surface area contributed by atoms with Crippen LogP contribution in [0.4, 0.5) is 0 Å². The second-order valence-corrected chi connectivity index (χ2v) is 6.93. The Bertz CT molecular complexity index is 552. The van der Waals surface area contributed by atoms with E-state index in [0.717, 1.165) is 30.8 Å². The third-order valence-electron chi connectivity index (χ3n) is 5.04. The molecule has 5 heteroatoms. The molecule has 2 unspecified atom stereocenters. The number of halogens is 1. The van der Waals surface area contributed by atoms with Gasteiger partial charge in [-0.05, 0) is 53.0 Å². The van der Waals surface area contributed by atoms with Crippen molar-refractivity contribution in [2.24, 2.45) is 0 Å². The minimum absolute atomic E-state index is 0. The topological polar surface area (TPSA) is 37.3 Å². The highest BCUT2D eigenvalue weighted by atomic mass is 35.5. The second-order valence-electron chi connectivity index (χ2n) is 6.93. The summed E-state index contributed by atoms with van der Waals surface area (Å²) in [4.78, 5) is 15.0. The van der Waals surface area contributed by atoms with E-state index in [1.54, 1.807) is 0 Å². The Kier molecular flexibility index (Phi) is 5.23. The van der Waals surface area contributed by atoms with Gasteiger partial charge < -0.3 is 14.8 Å². The molecule has 1 aromatic rings. The summed E-state index contributed by atoms with van der Waals surface area (Å²) in [6, 6.07) is 3.58. The zero-order valence-electron chi connectivity index (χ0n) is 14.1. The van der Waals surface area contributed by atoms with Crippen LogP contribution in [0.15, 0.2) is 6.07 Å². The van der Waals surface area contributed by atoms with E-state index in [9.17, 15) is 4.79 Å². The molecule has 0 aromatic carbocycles. The molecule has 22 heavy (non-hydrogen) atoms.